The predicted octanol–water partition coefficient (Wildman–Crippen LogP) is -0.710. The van der Waals surface area contributed by atoms with Crippen molar-refractivity contribution in [1.82, 2.24) is 14.9 Å². The minimum atomic E-state index is -3.47. The molecule has 0 saturated carbocycles. The van der Waals surface area contributed by atoms with Crippen molar-refractivity contribution in [2.24, 2.45) is 0 Å². The van der Waals surface area contributed by atoms with Crippen LogP contribution in [0, 0.1) is 0 Å². The Morgan fingerprint density at radius 2 is 2.42 bits per heavy atom. The molecule has 0 saturated heterocycles. The van der Waals surface area contributed by atoms with Crippen molar-refractivity contribution in [3.63, 3.8) is 0 Å². The summed E-state index contributed by atoms with van der Waals surface area (Å²) in [4.78, 5) is -0.00986. The van der Waals surface area contributed by atoms with Gasteiger partial charge in [-0.2, -0.15) is 5.10 Å². The number of rotatable bonds is 3. The lowest BCUT2D eigenvalue weighted by molar-refractivity contribution is 0.584. The zero-order valence-corrected chi connectivity index (χ0v) is 7.35. The molecular weight excluding hydrogens is 180 g/mol. The van der Waals surface area contributed by atoms with Gasteiger partial charge in [0, 0.05) is 6.54 Å². The Kier molecular flexibility index (Phi) is 2.34. The standard InChI is InChI=1S/C5H10N4O2S/c1-2-8-12(10,11)4-3-7-9-5(4)6/h3,8H,2H2,1H3,(H3,6,7,9). The molecule has 0 spiro atoms. The van der Waals surface area contributed by atoms with Gasteiger partial charge in [0.05, 0.1) is 6.20 Å². The molecule has 0 atom stereocenters. The number of nitrogen functional groups attached to an aromatic ring is 1. The molecule has 4 N–H and O–H groups in total. The zero-order valence-electron chi connectivity index (χ0n) is 6.53. The van der Waals surface area contributed by atoms with Gasteiger partial charge in [0.15, 0.2) is 0 Å². The van der Waals surface area contributed by atoms with Gasteiger partial charge < -0.3 is 5.73 Å². The van der Waals surface area contributed by atoms with E-state index in [1.54, 1.807) is 6.92 Å². The smallest absolute Gasteiger partial charge is 0.245 e. The van der Waals surface area contributed by atoms with E-state index in [0.717, 1.165) is 0 Å². The van der Waals surface area contributed by atoms with E-state index in [1.165, 1.54) is 6.20 Å². The normalized spacial score (nSPS) is 11.8. The first-order chi connectivity index (χ1) is 5.58. The van der Waals surface area contributed by atoms with E-state index in [0.29, 0.717) is 6.54 Å². The van der Waals surface area contributed by atoms with Gasteiger partial charge >= 0.3 is 0 Å². The van der Waals surface area contributed by atoms with Crippen LogP contribution in [0.15, 0.2) is 11.1 Å². The highest BCUT2D eigenvalue weighted by Gasteiger charge is 2.17. The van der Waals surface area contributed by atoms with E-state index in [1.807, 2.05) is 0 Å². The summed E-state index contributed by atoms with van der Waals surface area (Å²) in [6, 6.07) is 0. The van der Waals surface area contributed by atoms with Crippen molar-refractivity contribution in [1.29, 1.82) is 0 Å². The zero-order chi connectivity index (χ0) is 9.19. The van der Waals surface area contributed by atoms with Gasteiger partial charge in [0.25, 0.3) is 0 Å². The van der Waals surface area contributed by atoms with Gasteiger partial charge in [0.1, 0.15) is 10.7 Å². The van der Waals surface area contributed by atoms with Crippen LogP contribution in [0.4, 0.5) is 5.82 Å². The van der Waals surface area contributed by atoms with Crippen LogP contribution in [0.1, 0.15) is 6.92 Å². The maximum atomic E-state index is 11.3. The molecule has 7 heteroatoms. The second-order valence-corrected chi connectivity index (χ2v) is 3.88. The number of aromatic amines is 1. The van der Waals surface area contributed by atoms with Crippen LogP contribution in [-0.2, 0) is 10.0 Å². The van der Waals surface area contributed by atoms with Crippen LogP contribution in [0.2, 0.25) is 0 Å². The van der Waals surface area contributed by atoms with E-state index < -0.39 is 10.0 Å². The molecule has 1 heterocycles. The molecule has 0 aliphatic carbocycles. The van der Waals surface area contributed by atoms with Crippen LogP contribution in [0.5, 0.6) is 0 Å². The first-order valence-electron chi connectivity index (χ1n) is 3.36. The van der Waals surface area contributed by atoms with Crippen molar-refractivity contribution >= 4 is 15.8 Å². The van der Waals surface area contributed by atoms with Crippen LogP contribution >= 0.6 is 0 Å². The lowest BCUT2D eigenvalue weighted by Crippen LogP contribution is -2.23. The van der Waals surface area contributed by atoms with Gasteiger partial charge in [-0.05, 0) is 0 Å². The maximum Gasteiger partial charge on any atom is 0.245 e. The van der Waals surface area contributed by atoms with Gasteiger partial charge in [-0.3, -0.25) is 5.10 Å². The molecule has 0 unspecified atom stereocenters. The lowest BCUT2D eigenvalue weighted by Gasteiger charge is -2.00. The van der Waals surface area contributed by atoms with Gasteiger partial charge in [-0.25, -0.2) is 13.1 Å². The van der Waals surface area contributed by atoms with Crippen molar-refractivity contribution in [2.75, 3.05) is 12.3 Å². The summed E-state index contributed by atoms with van der Waals surface area (Å²) < 4.78 is 24.8. The Hall–Kier alpha value is -1.08. The molecule has 0 radical (unpaired) electrons. The fourth-order valence-electron chi connectivity index (χ4n) is 0.767. The number of nitrogens with two attached hydrogens (primary N) is 1. The number of nitrogens with one attached hydrogen (secondary N) is 2. The Balaban J connectivity index is 3.06. The third-order valence-electron chi connectivity index (χ3n) is 1.26. The van der Waals surface area contributed by atoms with Crippen LogP contribution in [-0.4, -0.2) is 25.2 Å². The van der Waals surface area contributed by atoms with Crippen LogP contribution in [0.25, 0.3) is 0 Å². The average Bonchev–Trinajstić information content (AvgIpc) is 2.35. The maximum absolute atomic E-state index is 11.3. The number of anilines is 1. The van der Waals surface area contributed by atoms with Gasteiger partial charge in [-0.1, -0.05) is 6.92 Å². The summed E-state index contributed by atoms with van der Waals surface area (Å²) in [6.45, 7) is 2.01. The minimum absolute atomic E-state index is 0.00986. The van der Waals surface area contributed by atoms with Crippen LogP contribution < -0.4 is 10.5 Å². The Labute approximate surface area is 70.2 Å². The largest absolute Gasteiger partial charge is 0.383 e. The molecule has 0 aliphatic rings. The average molecular weight is 190 g/mol. The molecule has 0 aliphatic heterocycles. The highest BCUT2D eigenvalue weighted by atomic mass is 32.2. The van der Waals surface area contributed by atoms with Gasteiger partial charge in [0.2, 0.25) is 10.0 Å². The monoisotopic (exact) mass is 190 g/mol. The molecule has 0 amide bonds. The third-order valence-corrected chi connectivity index (χ3v) is 2.83. The first kappa shape index (κ1) is 9.01. The number of aromatic nitrogens is 2. The molecule has 68 valence electrons. The number of sulfonamides is 1. The fourth-order valence-corrected chi connectivity index (χ4v) is 1.83. The van der Waals surface area contributed by atoms with Crippen molar-refractivity contribution in [2.45, 2.75) is 11.8 Å². The summed E-state index contributed by atoms with van der Waals surface area (Å²) in [5, 5.41) is 5.84. The molecule has 0 fully saturated rings. The molecule has 12 heavy (non-hydrogen) atoms. The second-order valence-electron chi connectivity index (χ2n) is 2.15. The summed E-state index contributed by atoms with van der Waals surface area (Å²) in [7, 11) is -3.47. The summed E-state index contributed by atoms with van der Waals surface area (Å²) in [5.41, 5.74) is 5.32. The molecule has 6 nitrogen and oxygen atoms in total. The van der Waals surface area contributed by atoms with E-state index in [-0.39, 0.29) is 10.7 Å². The van der Waals surface area contributed by atoms with Crippen LogP contribution in [0.3, 0.4) is 0 Å². The lowest BCUT2D eigenvalue weighted by atomic mass is 10.7. The fraction of sp³-hybridized carbons (Fsp3) is 0.400. The summed E-state index contributed by atoms with van der Waals surface area (Å²) in [6.07, 6.45) is 1.17. The Morgan fingerprint density at radius 1 is 1.75 bits per heavy atom. The number of hydrogen-bond acceptors (Lipinski definition) is 4. The summed E-state index contributed by atoms with van der Waals surface area (Å²) in [5.74, 6) is 0.0518. The first-order valence-corrected chi connectivity index (χ1v) is 4.84. The molecule has 1 aromatic heterocycles. The number of nitrogens with zero attached hydrogens (tertiary/aromatic N) is 1. The second kappa shape index (κ2) is 3.11. The Morgan fingerprint density at radius 3 is 2.83 bits per heavy atom. The quantitative estimate of drug-likeness (QED) is 0.586. The van der Waals surface area contributed by atoms with E-state index in [2.05, 4.69) is 14.9 Å². The van der Waals surface area contributed by atoms with Crippen molar-refractivity contribution in [3.05, 3.63) is 6.20 Å². The molecule has 0 aromatic carbocycles. The van der Waals surface area contributed by atoms with E-state index in [9.17, 15) is 8.42 Å². The molecule has 1 rings (SSSR count). The van der Waals surface area contributed by atoms with E-state index in [4.69, 9.17) is 5.73 Å². The van der Waals surface area contributed by atoms with Crippen molar-refractivity contribution in [3.8, 4) is 0 Å². The molecule has 1 aromatic rings. The third kappa shape index (κ3) is 1.56. The topological polar surface area (TPSA) is 101 Å². The highest BCUT2D eigenvalue weighted by molar-refractivity contribution is 7.89. The van der Waals surface area contributed by atoms with E-state index >= 15 is 0 Å². The van der Waals surface area contributed by atoms with Crippen molar-refractivity contribution < 1.29 is 8.42 Å². The number of H-pyrrole nitrogens is 1. The minimum Gasteiger partial charge on any atom is -0.383 e. The molecular formula is C5H10N4O2S. The highest BCUT2D eigenvalue weighted by Crippen LogP contribution is 2.12. The SMILES string of the molecule is CCNS(=O)(=O)c1cn[nH]c1N. The number of hydrogen-bond donors (Lipinski definition) is 3. The predicted molar refractivity (Wildman–Crippen MR) is 43.9 cm³/mol. The van der Waals surface area contributed by atoms with Gasteiger partial charge in [-0.15, -0.1) is 0 Å². The summed E-state index contributed by atoms with van der Waals surface area (Å²) >= 11 is 0. The molecule has 0 bridgehead atoms. The Bertz CT molecular complexity index is 355.